The van der Waals surface area contributed by atoms with Crippen LogP contribution < -0.4 is 0 Å². The van der Waals surface area contributed by atoms with Gasteiger partial charge >= 0.3 is 0 Å². The van der Waals surface area contributed by atoms with Crippen molar-refractivity contribution in [2.45, 2.75) is 71.3 Å². The summed E-state index contributed by atoms with van der Waals surface area (Å²) in [4.78, 5) is 24.8. The van der Waals surface area contributed by atoms with Crippen molar-refractivity contribution in [3.05, 3.63) is 0 Å². The van der Waals surface area contributed by atoms with E-state index < -0.39 is 0 Å². The number of carbonyl (C=O) groups is 2. The van der Waals surface area contributed by atoms with Gasteiger partial charge in [-0.3, -0.25) is 14.5 Å². The molecular formula is C13H23NO2. The number of hydrogen-bond donors (Lipinski definition) is 0. The van der Waals surface area contributed by atoms with Crippen molar-refractivity contribution in [2.24, 2.45) is 0 Å². The van der Waals surface area contributed by atoms with Gasteiger partial charge < -0.3 is 0 Å². The smallest absolute Gasteiger partial charge is 0.229 e. The summed E-state index contributed by atoms with van der Waals surface area (Å²) in [6, 6.07) is 0.0946. The molecule has 1 rings (SSSR count). The van der Waals surface area contributed by atoms with Gasteiger partial charge in [0.15, 0.2) is 0 Å². The summed E-state index contributed by atoms with van der Waals surface area (Å²) in [5.74, 6) is 0.0542. The van der Waals surface area contributed by atoms with E-state index >= 15 is 0 Å². The van der Waals surface area contributed by atoms with Crippen LogP contribution in [0.3, 0.4) is 0 Å². The SMILES string of the molecule is CCCCCCC(C)N1C(=O)CCCC1=O. The molecule has 1 fully saturated rings. The normalized spacial score (nSPS) is 19.0. The summed E-state index contributed by atoms with van der Waals surface area (Å²) in [5.41, 5.74) is 0. The number of carbonyl (C=O) groups excluding carboxylic acids is 2. The van der Waals surface area contributed by atoms with Gasteiger partial charge in [0.25, 0.3) is 0 Å². The van der Waals surface area contributed by atoms with Crippen molar-refractivity contribution >= 4 is 11.8 Å². The molecule has 0 bridgehead atoms. The lowest BCUT2D eigenvalue weighted by atomic mass is 10.0. The lowest BCUT2D eigenvalue weighted by molar-refractivity contribution is -0.150. The van der Waals surface area contributed by atoms with Crippen LogP contribution in [0.15, 0.2) is 0 Å². The summed E-state index contributed by atoms with van der Waals surface area (Å²) >= 11 is 0. The van der Waals surface area contributed by atoms with Gasteiger partial charge in [-0.25, -0.2) is 0 Å². The maximum Gasteiger partial charge on any atom is 0.229 e. The topological polar surface area (TPSA) is 37.4 Å². The third kappa shape index (κ3) is 3.62. The van der Waals surface area contributed by atoms with Gasteiger partial charge in [0.1, 0.15) is 0 Å². The zero-order valence-electron chi connectivity index (χ0n) is 10.5. The minimum Gasteiger partial charge on any atom is -0.280 e. The number of piperidine rings is 1. The number of imide groups is 1. The van der Waals surface area contributed by atoms with Crippen LogP contribution >= 0.6 is 0 Å². The molecule has 1 saturated heterocycles. The number of rotatable bonds is 6. The third-order valence-corrected chi connectivity index (χ3v) is 3.23. The zero-order chi connectivity index (χ0) is 12.0. The van der Waals surface area contributed by atoms with E-state index in [1.165, 1.54) is 24.2 Å². The van der Waals surface area contributed by atoms with E-state index in [4.69, 9.17) is 0 Å². The summed E-state index contributed by atoms with van der Waals surface area (Å²) in [5, 5.41) is 0. The number of hydrogen-bond acceptors (Lipinski definition) is 2. The van der Waals surface area contributed by atoms with Crippen molar-refractivity contribution < 1.29 is 9.59 Å². The predicted octanol–water partition coefficient (Wildman–Crippen LogP) is 2.88. The summed E-state index contributed by atoms with van der Waals surface area (Å²) < 4.78 is 0. The van der Waals surface area contributed by atoms with Gasteiger partial charge in [0.2, 0.25) is 11.8 Å². The van der Waals surface area contributed by atoms with Crippen molar-refractivity contribution in [1.82, 2.24) is 4.90 Å². The summed E-state index contributed by atoms with van der Waals surface area (Å²) in [6.07, 6.45) is 7.57. The molecule has 1 aliphatic rings. The highest BCUT2D eigenvalue weighted by molar-refractivity contribution is 5.97. The number of likely N-dealkylation sites (tertiary alicyclic amines) is 1. The maximum absolute atomic E-state index is 11.6. The zero-order valence-corrected chi connectivity index (χ0v) is 10.5. The molecule has 3 heteroatoms. The Kier molecular flexibility index (Phi) is 5.50. The highest BCUT2D eigenvalue weighted by Crippen LogP contribution is 2.18. The highest BCUT2D eigenvalue weighted by Gasteiger charge is 2.29. The minimum atomic E-state index is 0.0271. The molecular weight excluding hydrogens is 202 g/mol. The monoisotopic (exact) mass is 225 g/mol. The summed E-state index contributed by atoms with van der Waals surface area (Å²) in [7, 11) is 0. The average molecular weight is 225 g/mol. The fraction of sp³-hybridized carbons (Fsp3) is 0.846. The molecule has 0 aromatic rings. The highest BCUT2D eigenvalue weighted by atomic mass is 16.2. The molecule has 0 saturated carbocycles. The lowest BCUT2D eigenvalue weighted by Crippen LogP contribution is -2.45. The van der Waals surface area contributed by atoms with E-state index in [9.17, 15) is 9.59 Å². The molecule has 0 radical (unpaired) electrons. The number of nitrogens with zero attached hydrogens (tertiary/aromatic N) is 1. The van der Waals surface area contributed by atoms with Crippen LogP contribution in [0.2, 0.25) is 0 Å². The van der Waals surface area contributed by atoms with Crippen LogP contribution in [0.5, 0.6) is 0 Å². The Bertz CT molecular complexity index is 234. The van der Waals surface area contributed by atoms with Gasteiger partial charge in [-0.2, -0.15) is 0 Å². The molecule has 0 aromatic carbocycles. The molecule has 0 aromatic heterocycles. The van der Waals surface area contributed by atoms with Crippen LogP contribution in [0.1, 0.15) is 65.2 Å². The average Bonchev–Trinajstić information content (AvgIpc) is 2.24. The summed E-state index contributed by atoms with van der Waals surface area (Å²) in [6.45, 7) is 4.17. The Hall–Kier alpha value is -0.860. The largest absolute Gasteiger partial charge is 0.280 e. The second kappa shape index (κ2) is 6.66. The van der Waals surface area contributed by atoms with Crippen molar-refractivity contribution in [1.29, 1.82) is 0 Å². The Morgan fingerprint density at radius 2 is 1.75 bits per heavy atom. The first-order chi connectivity index (χ1) is 7.66. The van der Waals surface area contributed by atoms with Gasteiger partial charge in [0, 0.05) is 18.9 Å². The van der Waals surface area contributed by atoms with Crippen LogP contribution in [-0.4, -0.2) is 22.8 Å². The van der Waals surface area contributed by atoms with E-state index in [1.807, 2.05) is 6.92 Å². The van der Waals surface area contributed by atoms with E-state index in [2.05, 4.69) is 6.92 Å². The molecule has 92 valence electrons. The molecule has 0 spiro atoms. The molecule has 3 nitrogen and oxygen atoms in total. The van der Waals surface area contributed by atoms with Crippen LogP contribution in [0.25, 0.3) is 0 Å². The van der Waals surface area contributed by atoms with E-state index in [1.54, 1.807) is 0 Å². The van der Waals surface area contributed by atoms with E-state index in [0.29, 0.717) is 12.8 Å². The lowest BCUT2D eigenvalue weighted by Gasteiger charge is -2.30. The van der Waals surface area contributed by atoms with Gasteiger partial charge in [-0.1, -0.05) is 32.6 Å². The fourth-order valence-corrected chi connectivity index (χ4v) is 2.26. The van der Waals surface area contributed by atoms with Gasteiger partial charge in [-0.15, -0.1) is 0 Å². The molecule has 0 N–H and O–H groups in total. The molecule has 1 aliphatic heterocycles. The molecule has 1 atom stereocenters. The first-order valence-electron chi connectivity index (χ1n) is 6.51. The van der Waals surface area contributed by atoms with Crippen molar-refractivity contribution in [2.75, 3.05) is 0 Å². The predicted molar refractivity (Wildman–Crippen MR) is 63.9 cm³/mol. The van der Waals surface area contributed by atoms with E-state index in [-0.39, 0.29) is 17.9 Å². The molecule has 16 heavy (non-hydrogen) atoms. The Morgan fingerprint density at radius 3 is 2.31 bits per heavy atom. The van der Waals surface area contributed by atoms with Gasteiger partial charge in [-0.05, 0) is 19.8 Å². The third-order valence-electron chi connectivity index (χ3n) is 3.23. The second-order valence-electron chi connectivity index (χ2n) is 4.71. The molecule has 0 aliphatic carbocycles. The Labute approximate surface area is 98.2 Å². The van der Waals surface area contributed by atoms with Crippen LogP contribution in [0, 0.1) is 0 Å². The van der Waals surface area contributed by atoms with Crippen molar-refractivity contribution in [3.63, 3.8) is 0 Å². The second-order valence-corrected chi connectivity index (χ2v) is 4.71. The first kappa shape index (κ1) is 13.2. The number of amides is 2. The Balaban J connectivity index is 2.35. The van der Waals surface area contributed by atoms with Gasteiger partial charge in [0.05, 0.1) is 0 Å². The van der Waals surface area contributed by atoms with Crippen molar-refractivity contribution in [3.8, 4) is 0 Å². The van der Waals surface area contributed by atoms with Crippen LogP contribution in [-0.2, 0) is 9.59 Å². The number of unbranched alkanes of at least 4 members (excludes halogenated alkanes) is 3. The molecule has 2 amide bonds. The van der Waals surface area contributed by atoms with E-state index in [0.717, 1.165) is 19.3 Å². The van der Waals surface area contributed by atoms with Crippen LogP contribution in [0.4, 0.5) is 0 Å². The minimum absolute atomic E-state index is 0.0271. The molecule has 1 heterocycles. The standard InChI is InChI=1S/C13H23NO2/c1-3-4-5-6-8-11(2)14-12(15)9-7-10-13(14)16/h11H,3-10H2,1-2H3. The first-order valence-corrected chi connectivity index (χ1v) is 6.51. The Morgan fingerprint density at radius 1 is 1.12 bits per heavy atom. The molecule has 1 unspecified atom stereocenters. The quantitative estimate of drug-likeness (QED) is 0.515. The maximum atomic E-state index is 11.6. The fourth-order valence-electron chi connectivity index (χ4n) is 2.26.